The lowest BCUT2D eigenvalue weighted by molar-refractivity contribution is -0.452. The number of carbonyl (C=O) groups excluding carboxylic acids is 2. The molecule has 6 nitrogen and oxygen atoms in total. The molecule has 0 aliphatic carbocycles. The van der Waals surface area contributed by atoms with Crippen molar-refractivity contribution in [2.45, 2.75) is 39.5 Å². The Bertz CT molecular complexity index is 440. The summed E-state index contributed by atoms with van der Waals surface area (Å²) >= 11 is 0. The predicted octanol–water partition coefficient (Wildman–Crippen LogP) is 3.73. The standard InChI is InChI=1S/C15H20O6/c1-3-4-5-6-11-18-15(17)20-21-19-14(16)13-9-7-12(2)8-10-13/h7-10H,3-6,11H2,1-2H3. The van der Waals surface area contributed by atoms with Crippen molar-refractivity contribution < 1.29 is 29.1 Å². The molecule has 0 bridgehead atoms. The average molecular weight is 296 g/mol. The molecule has 0 heterocycles. The van der Waals surface area contributed by atoms with Gasteiger partial charge in [0.15, 0.2) is 0 Å². The van der Waals surface area contributed by atoms with Crippen LogP contribution in [0.5, 0.6) is 0 Å². The highest BCUT2D eigenvalue weighted by Gasteiger charge is 2.11. The third kappa shape index (κ3) is 7.31. The predicted molar refractivity (Wildman–Crippen MR) is 74.3 cm³/mol. The van der Waals surface area contributed by atoms with E-state index in [2.05, 4.69) is 21.7 Å². The summed E-state index contributed by atoms with van der Waals surface area (Å²) in [5.74, 6) is -0.759. The van der Waals surface area contributed by atoms with Gasteiger partial charge in [0.1, 0.15) is 0 Å². The molecule has 1 aromatic rings. The summed E-state index contributed by atoms with van der Waals surface area (Å²) in [5.41, 5.74) is 1.30. The molecule has 0 aliphatic rings. The van der Waals surface area contributed by atoms with E-state index >= 15 is 0 Å². The van der Waals surface area contributed by atoms with Crippen LogP contribution in [0.1, 0.15) is 48.5 Å². The number of aryl methyl sites for hydroxylation is 1. The third-order valence-corrected chi connectivity index (χ3v) is 2.72. The summed E-state index contributed by atoms with van der Waals surface area (Å²) in [4.78, 5) is 31.0. The van der Waals surface area contributed by atoms with Crippen LogP contribution in [-0.2, 0) is 19.6 Å². The van der Waals surface area contributed by atoms with Gasteiger partial charge in [-0.2, -0.15) is 0 Å². The van der Waals surface area contributed by atoms with Crippen molar-refractivity contribution in [3.05, 3.63) is 35.4 Å². The maximum Gasteiger partial charge on any atom is 0.543 e. The van der Waals surface area contributed by atoms with Gasteiger partial charge in [-0.15, -0.1) is 0 Å². The van der Waals surface area contributed by atoms with Crippen molar-refractivity contribution in [3.8, 4) is 0 Å². The highest BCUT2D eigenvalue weighted by molar-refractivity contribution is 5.88. The van der Waals surface area contributed by atoms with Crippen LogP contribution >= 0.6 is 0 Å². The van der Waals surface area contributed by atoms with Crippen LogP contribution in [0.4, 0.5) is 4.79 Å². The van der Waals surface area contributed by atoms with Crippen molar-refractivity contribution in [1.82, 2.24) is 0 Å². The molecule has 0 aliphatic heterocycles. The van der Waals surface area contributed by atoms with Gasteiger partial charge in [-0.1, -0.05) is 43.9 Å². The van der Waals surface area contributed by atoms with Gasteiger partial charge in [-0.3, -0.25) is 4.89 Å². The van der Waals surface area contributed by atoms with E-state index in [1.54, 1.807) is 24.3 Å². The van der Waals surface area contributed by atoms with E-state index in [1.165, 1.54) is 0 Å². The van der Waals surface area contributed by atoms with Crippen LogP contribution < -0.4 is 0 Å². The van der Waals surface area contributed by atoms with Crippen molar-refractivity contribution in [1.29, 1.82) is 0 Å². The summed E-state index contributed by atoms with van der Waals surface area (Å²) in [5, 5.41) is 4.10. The topological polar surface area (TPSA) is 71.1 Å². The largest absolute Gasteiger partial charge is 0.543 e. The molecule has 0 saturated carbocycles. The van der Waals surface area contributed by atoms with Gasteiger partial charge < -0.3 is 4.74 Å². The molecule has 0 aromatic heterocycles. The normalized spacial score (nSPS) is 10.0. The Morgan fingerprint density at radius 2 is 1.71 bits per heavy atom. The molecule has 1 aromatic carbocycles. The van der Waals surface area contributed by atoms with Gasteiger partial charge >= 0.3 is 12.1 Å². The number of rotatable bonds is 8. The fourth-order valence-corrected chi connectivity index (χ4v) is 1.52. The zero-order chi connectivity index (χ0) is 15.5. The molecule has 0 spiro atoms. The fraction of sp³-hybridized carbons (Fsp3) is 0.467. The van der Waals surface area contributed by atoms with Gasteiger partial charge in [0.25, 0.3) is 0 Å². The zero-order valence-electron chi connectivity index (χ0n) is 12.3. The Balaban J connectivity index is 2.13. The van der Waals surface area contributed by atoms with Crippen LogP contribution in [0.15, 0.2) is 24.3 Å². The van der Waals surface area contributed by atoms with E-state index in [4.69, 9.17) is 4.74 Å². The molecule has 21 heavy (non-hydrogen) atoms. The maximum absolute atomic E-state index is 11.5. The zero-order valence-corrected chi connectivity index (χ0v) is 12.3. The second kappa shape index (κ2) is 9.77. The van der Waals surface area contributed by atoms with Crippen molar-refractivity contribution >= 4 is 12.1 Å². The van der Waals surface area contributed by atoms with E-state index in [1.807, 2.05) is 6.92 Å². The Morgan fingerprint density at radius 3 is 2.38 bits per heavy atom. The van der Waals surface area contributed by atoms with Crippen LogP contribution in [0, 0.1) is 6.92 Å². The number of hydrogen-bond acceptors (Lipinski definition) is 6. The lowest BCUT2D eigenvalue weighted by atomic mass is 10.2. The monoisotopic (exact) mass is 296 g/mol. The molecular formula is C15H20O6. The Hall–Kier alpha value is -2.08. The minimum absolute atomic E-state index is 0.244. The minimum Gasteiger partial charge on any atom is -0.432 e. The highest BCUT2D eigenvalue weighted by atomic mass is 17.5. The van der Waals surface area contributed by atoms with Crippen molar-refractivity contribution in [2.75, 3.05) is 6.61 Å². The second-order valence-electron chi connectivity index (χ2n) is 4.55. The molecule has 0 radical (unpaired) electrons. The van der Waals surface area contributed by atoms with Gasteiger partial charge in [0.2, 0.25) is 0 Å². The Labute approximate surface area is 123 Å². The molecule has 6 heteroatoms. The number of hydrogen-bond donors (Lipinski definition) is 0. The molecular weight excluding hydrogens is 276 g/mol. The van der Waals surface area contributed by atoms with E-state index in [-0.39, 0.29) is 12.2 Å². The van der Waals surface area contributed by atoms with Gasteiger partial charge in [0, 0.05) is 0 Å². The van der Waals surface area contributed by atoms with E-state index in [9.17, 15) is 9.59 Å². The Morgan fingerprint density at radius 1 is 1.00 bits per heavy atom. The van der Waals surface area contributed by atoms with Crippen molar-refractivity contribution in [3.63, 3.8) is 0 Å². The molecule has 0 saturated heterocycles. The molecule has 116 valence electrons. The quantitative estimate of drug-likeness (QED) is 0.315. The number of carbonyl (C=O) groups is 2. The summed E-state index contributed by atoms with van der Waals surface area (Å²) < 4.78 is 4.71. The first-order chi connectivity index (χ1) is 10.1. The maximum atomic E-state index is 11.5. The molecule has 0 atom stereocenters. The lowest BCUT2D eigenvalue weighted by Gasteiger charge is -2.04. The van der Waals surface area contributed by atoms with Crippen LogP contribution in [0.2, 0.25) is 0 Å². The number of unbranched alkanes of at least 4 members (excludes halogenated alkanes) is 3. The average Bonchev–Trinajstić information content (AvgIpc) is 2.47. The van der Waals surface area contributed by atoms with E-state index in [0.717, 1.165) is 31.2 Å². The molecule has 1 rings (SSSR count). The number of benzene rings is 1. The molecule has 0 fully saturated rings. The highest BCUT2D eigenvalue weighted by Crippen LogP contribution is 2.05. The first-order valence-electron chi connectivity index (χ1n) is 6.92. The smallest absolute Gasteiger partial charge is 0.432 e. The second-order valence-corrected chi connectivity index (χ2v) is 4.55. The first kappa shape index (κ1) is 17.0. The van der Waals surface area contributed by atoms with Crippen LogP contribution in [-0.4, -0.2) is 18.7 Å². The third-order valence-electron chi connectivity index (χ3n) is 2.72. The van der Waals surface area contributed by atoms with Crippen molar-refractivity contribution in [2.24, 2.45) is 0 Å². The van der Waals surface area contributed by atoms with Gasteiger partial charge in [0.05, 0.1) is 17.2 Å². The number of ether oxygens (including phenoxy) is 1. The summed E-state index contributed by atoms with van der Waals surface area (Å²) in [6, 6.07) is 6.66. The van der Waals surface area contributed by atoms with Gasteiger partial charge in [-0.25, -0.2) is 14.5 Å². The lowest BCUT2D eigenvalue weighted by Crippen LogP contribution is -2.12. The van der Waals surface area contributed by atoms with E-state index in [0.29, 0.717) is 0 Å². The fourth-order valence-electron chi connectivity index (χ4n) is 1.52. The molecule has 0 N–H and O–H groups in total. The first-order valence-corrected chi connectivity index (χ1v) is 6.92. The minimum atomic E-state index is -1.04. The Kier molecular flexibility index (Phi) is 7.89. The summed E-state index contributed by atoms with van der Waals surface area (Å²) in [6.07, 6.45) is 2.88. The summed E-state index contributed by atoms with van der Waals surface area (Å²) in [7, 11) is 0. The molecule has 0 unspecified atom stereocenters. The molecule has 0 amide bonds. The van der Waals surface area contributed by atoms with Gasteiger partial charge in [-0.05, 0) is 25.5 Å². The van der Waals surface area contributed by atoms with E-state index < -0.39 is 12.1 Å². The van der Waals surface area contributed by atoms with Crippen LogP contribution in [0.3, 0.4) is 0 Å². The SMILES string of the molecule is CCCCCCOC(=O)OOOC(=O)c1ccc(C)cc1. The van der Waals surface area contributed by atoms with Crippen LogP contribution in [0.25, 0.3) is 0 Å². The summed E-state index contributed by atoms with van der Waals surface area (Å²) in [6.45, 7) is 4.23.